The lowest BCUT2D eigenvalue weighted by Gasteiger charge is -2.19. The molecule has 3 rings (SSSR count). The number of rotatable bonds is 2. The first-order chi connectivity index (χ1) is 8.68. The Labute approximate surface area is 107 Å². The van der Waals surface area contributed by atoms with Crippen LogP contribution in [-0.4, -0.2) is 27.6 Å². The van der Waals surface area contributed by atoms with Crippen molar-refractivity contribution in [1.29, 1.82) is 0 Å². The van der Waals surface area contributed by atoms with Crippen LogP contribution in [0.15, 0.2) is 18.5 Å². The zero-order valence-corrected chi connectivity index (χ0v) is 11.2. The number of nitrogens with one attached hydrogen (secondary N) is 1. The summed E-state index contributed by atoms with van der Waals surface area (Å²) >= 11 is 0. The topological polar surface area (TPSA) is 42.7 Å². The van der Waals surface area contributed by atoms with Crippen molar-refractivity contribution in [3.63, 3.8) is 0 Å². The van der Waals surface area contributed by atoms with Crippen LogP contribution < -0.4 is 5.32 Å². The fourth-order valence-electron chi connectivity index (χ4n) is 2.93. The molecule has 0 saturated carbocycles. The second-order valence-electron chi connectivity index (χ2n) is 5.54. The zero-order chi connectivity index (χ0) is 12.7. The van der Waals surface area contributed by atoms with E-state index in [1.54, 1.807) is 0 Å². The van der Waals surface area contributed by atoms with Crippen LogP contribution in [0, 0.1) is 5.92 Å². The summed E-state index contributed by atoms with van der Waals surface area (Å²) in [5.74, 6) is 2.37. The Hall–Kier alpha value is -1.42. The summed E-state index contributed by atoms with van der Waals surface area (Å²) in [6.07, 6.45) is 3.72. The van der Waals surface area contributed by atoms with Crippen LogP contribution in [0.25, 0.3) is 11.0 Å². The third kappa shape index (κ3) is 1.72. The molecule has 4 nitrogen and oxygen atoms in total. The van der Waals surface area contributed by atoms with Crippen molar-refractivity contribution in [2.75, 3.05) is 13.1 Å². The molecule has 4 heteroatoms. The maximum atomic E-state index is 4.83. The molecule has 96 valence electrons. The van der Waals surface area contributed by atoms with Gasteiger partial charge in [0.05, 0.1) is 11.7 Å². The van der Waals surface area contributed by atoms with Crippen molar-refractivity contribution in [3.05, 3.63) is 24.3 Å². The predicted molar refractivity (Wildman–Crippen MR) is 72.7 cm³/mol. The summed E-state index contributed by atoms with van der Waals surface area (Å²) in [6.45, 7) is 8.86. The fraction of sp³-hybridized carbons (Fsp3) is 0.571. The molecule has 1 saturated heterocycles. The number of pyridine rings is 1. The van der Waals surface area contributed by atoms with Gasteiger partial charge in [0.1, 0.15) is 11.3 Å². The molecule has 1 aliphatic heterocycles. The van der Waals surface area contributed by atoms with E-state index in [4.69, 9.17) is 4.98 Å². The lowest BCUT2D eigenvalue weighted by atomic mass is 9.97. The minimum atomic E-state index is 0.431. The van der Waals surface area contributed by atoms with Gasteiger partial charge in [0.25, 0.3) is 0 Å². The number of fused-ring (bicyclic) bond motifs is 1. The summed E-state index contributed by atoms with van der Waals surface area (Å²) in [7, 11) is 0. The van der Waals surface area contributed by atoms with Crippen molar-refractivity contribution in [2.24, 2.45) is 5.92 Å². The molecule has 0 amide bonds. The Morgan fingerprint density at radius 1 is 1.39 bits per heavy atom. The average Bonchev–Trinajstić information content (AvgIpc) is 2.91. The number of hydrogen-bond acceptors (Lipinski definition) is 3. The summed E-state index contributed by atoms with van der Waals surface area (Å²) < 4.78 is 2.37. The van der Waals surface area contributed by atoms with E-state index in [1.807, 2.05) is 12.4 Å². The largest absolute Gasteiger partial charge is 0.325 e. The van der Waals surface area contributed by atoms with Gasteiger partial charge in [-0.3, -0.25) is 4.98 Å². The highest BCUT2D eigenvalue weighted by atomic mass is 15.1. The summed E-state index contributed by atoms with van der Waals surface area (Å²) in [4.78, 5) is 9.01. The highest BCUT2D eigenvalue weighted by molar-refractivity contribution is 5.75. The second-order valence-corrected chi connectivity index (χ2v) is 5.54. The maximum absolute atomic E-state index is 4.83. The Bertz CT molecular complexity index is 558. The van der Waals surface area contributed by atoms with Gasteiger partial charge < -0.3 is 9.88 Å². The zero-order valence-electron chi connectivity index (χ0n) is 11.2. The molecule has 2 aromatic rings. The van der Waals surface area contributed by atoms with Crippen LogP contribution >= 0.6 is 0 Å². The van der Waals surface area contributed by atoms with Gasteiger partial charge in [-0.15, -0.1) is 0 Å². The number of nitrogens with zero attached hydrogens (tertiary/aromatic N) is 3. The molecule has 2 atom stereocenters. The lowest BCUT2D eigenvalue weighted by Crippen LogP contribution is -2.16. The van der Waals surface area contributed by atoms with Crippen LogP contribution in [0.3, 0.4) is 0 Å². The Kier molecular flexibility index (Phi) is 2.82. The van der Waals surface area contributed by atoms with Crippen molar-refractivity contribution >= 4 is 11.0 Å². The quantitative estimate of drug-likeness (QED) is 0.881. The van der Waals surface area contributed by atoms with Crippen LogP contribution in [-0.2, 0) is 0 Å². The maximum Gasteiger partial charge on any atom is 0.114 e. The standard InChI is InChI=1S/C14H20N4/c1-9(2)18-13-4-5-15-8-12(13)17-14(18)11-7-16-6-10(11)3/h4-5,8-11,16H,6-7H2,1-3H3/t10-,11-/m1/s1. The van der Waals surface area contributed by atoms with Gasteiger partial charge in [0.2, 0.25) is 0 Å². The van der Waals surface area contributed by atoms with E-state index in [0.717, 1.165) is 18.6 Å². The van der Waals surface area contributed by atoms with Gasteiger partial charge in [-0.2, -0.15) is 0 Å². The van der Waals surface area contributed by atoms with Crippen molar-refractivity contribution < 1.29 is 0 Å². The van der Waals surface area contributed by atoms with E-state index >= 15 is 0 Å². The van der Waals surface area contributed by atoms with Gasteiger partial charge >= 0.3 is 0 Å². The molecule has 0 spiro atoms. The lowest BCUT2D eigenvalue weighted by molar-refractivity contribution is 0.492. The molecular formula is C14H20N4. The van der Waals surface area contributed by atoms with E-state index < -0.39 is 0 Å². The molecule has 3 heterocycles. The first-order valence-electron chi connectivity index (χ1n) is 6.71. The van der Waals surface area contributed by atoms with Crippen LogP contribution in [0.4, 0.5) is 0 Å². The van der Waals surface area contributed by atoms with Crippen molar-refractivity contribution in [1.82, 2.24) is 19.9 Å². The highest BCUT2D eigenvalue weighted by Crippen LogP contribution is 2.31. The second kappa shape index (κ2) is 4.35. The number of aromatic nitrogens is 3. The molecule has 18 heavy (non-hydrogen) atoms. The van der Waals surface area contributed by atoms with Crippen molar-refractivity contribution in [2.45, 2.75) is 32.7 Å². The van der Waals surface area contributed by atoms with Gasteiger partial charge in [-0.1, -0.05) is 6.92 Å². The normalized spacial score (nSPS) is 24.2. The third-order valence-electron chi connectivity index (χ3n) is 3.88. The van der Waals surface area contributed by atoms with Crippen LogP contribution in [0.1, 0.15) is 38.6 Å². The predicted octanol–water partition coefficient (Wildman–Crippen LogP) is 2.34. The molecule has 1 aliphatic rings. The molecule has 0 unspecified atom stereocenters. The monoisotopic (exact) mass is 244 g/mol. The first kappa shape index (κ1) is 11.7. The third-order valence-corrected chi connectivity index (χ3v) is 3.88. The van der Waals surface area contributed by atoms with Gasteiger partial charge in [-0.05, 0) is 32.4 Å². The summed E-state index contributed by atoms with van der Waals surface area (Å²) in [5.41, 5.74) is 2.22. The Morgan fingerprint density at radius 3 is 2.89 bits per heavy atom. The van der Waals surface area contributed by atoms with E-state index in [0.29, 0.717) is 17.9 Å². The molecule has 1 N–H and O–H groups in total. The van der Waals surface area contributed by atoms with E-state index in [9.17, 15) is 0 Å². The number of hydrogen-bond donors (Lipinski definition) is 1. The van der Waals surface area contributed by atoms with Gasteiger partial charge in [-0.25, -0.2) is 4.98 Å². The molecule has 2 aromatic heterocycles. The molecule has 1 fully saturated rings. The van der Waals surface area contributed by atoms with E-state index in [1.165, 1.54) is 11.3 Å². The van der Waals surface area contributed by atoms with Crippen LogP contribution in [0.2, 0.25) is 0 Å². The summed E-state index contributed by atoms with van der Waals surface area (Å²) in [5, 5.41) is 3.46. The van der Waals surface area contributed by atoms with Crippen LogP contribution in [0.5, 0.6) is 0 Å². The number of imidazole rings is 1. The molecule has 0 radical (unpaired) electrons. The minimum absolute atomic E-state index is 0.431. The van der Waals surface area contributed by atoms with E-state index in [-0.39, 0.29) is 0 Å². The van der Waals surface area contributed by atoms with Gasteiger partial charge in [0.15, 0.2) is 0 Å². The molecule has 0 aliphatic carbocycles. The Balaban J connectivity index is 2.18. The molecule has 0 bridgehead atoms. The summed E-state index contributed by atoms with van der Waals surface area (Å²) in [6, 6.07) is 2.50. The van der Waals surface area contributed by atoms with Crippen molar-refractivity contribution in [3.8, 4) is 0 Å². The Morgan fingerprint density at radius 2 is 2.22 bits per heavy atom. The minimum Gasteiger partial charge on any atom is -0.325 e. The SMILES string of the molecule is CC(C)n1c([C@@H]2CNC[C@H]2C)nc2cnccc21. The molecular weight excluding hydrogens is 224 g/mol. The molecule has 0 aromatic carbocycles. The highest BCUT2D eigenvalue weighted by Gasteiger charge is 2.30. The average molecular weight is 244 g/mol. The van der Waals surface area contributed by atoms with E-state index in [2.05, 4.69) is 41.7 Å². The van der Waals surface area contributed by atoms with Gasteiger partial charge in [0, 0.05) is 24.7 Å². The first-order valence-corrected chi connectivity index (χ1v) is 6.71. The fourth-order valence-corrected chi connectivity index (χ4v) is 2.93. The smallest absolute Gasteiger partial charge is 0.114 e.